The van der Waals surface area contributed by atoms with Crippen LogP contribution < -0.4 is 10.9 Å². The van der Waals surface area contributed by atoms with Crippen molar-refractivity contribution in [1.29, 1.82) is 0 Å². The van der Waals surface area contributed by atoms with E-state index < -0.39 is 0 Å². The summed E-state index contributed by atoms with van der Waals surface area (Å²) in [4.78, 5) is 31.1. The van der Waals surface area contributed by atoms with Gasteiger partial charge in [-0.05, 0) is 67.8 Å². The number of furan rings is 1. The van der Waals surface area contributed by atoms with Crippen LogP contribution in [0.5, 0.6) is 0 Å². The number of carbonyl (C=O) groups excluding carboxylic acids is 1. The molecule has 0 atom stereocenters. The van der Waals surface area contributed by atoms with E-state index in [0.717, 1.165) is 22.2 Å². The van der Waals surface area contributed by atoms with Gasteiger partial charge in [0.05, 0.1) is 11.4 Å². The molecular weight excluding hydrogens is 446 g/mol. The van der Waals surface area contributed by atoms with Crippen molar-refractivity contribution < 1.29 is 9.21 Å². The number of aryl methyl sites for hydroxylation is 3. The van der Waals surface area contributed by atoms with Gasteiger partial charge in [0.25, 0.3) is 0 Å². The molecule has 0 aliphatic rings. The van der Waals surface area contributed by atoms with Gasteiger partial charge < -0.3 is 9.73 Å². The summed E-state index contributed by atoms with van der Waals surface area (Å²) < 4.78 is 7.42. The molecule has 0 fully saturated rings. The zero-order valence-electron chi connectivity index (χ0n) is 19.1. The minimum absolute atomic E-state index is 0.104. The smallest absolute Gasteiger partial charge is 0.302 e. The largest absolute Gasteiger partial charge is 0.448 e. The molecule has 1 N–H and O–H groups in total. The van der Waals surface area contributed by atoms with Gasteiger partial charge in [0.2, 0.25) is 11.5 Å². The van der Waals surface area contributed by atoms with E-state index in [2.05, 4.69) is 5.32 Å². The Morgan fingerprint density at radius 3 is 2.53 bits per heavy atom. The zero-order chi connectivity index (χ0) is 23.8. The van der Waals surface area contributed by atoms with Crippen LogP contribution in [0.25, 0.3) is 27.8 Å². The van der Waals surface area contributed by atoms with Crippen molar-refractivity contribution in [3.05, 3.63) is 93.8 Å². The number of rotatable bonds is 5. The number of benzene rings is 3. The SMILES string of the molecule is Cc1ccc(NC(=O)CSc2nc3c(oc4ccccc43)c(=O)n2-c2ccccc2C)cc1C. The standard InChI is InChI=1S/C27H23N3O3S/c1-16-12-13-19(14-18(16)3)28-23(31)15-34-27-29-24-20-9-5-7-11-22(20)33-25(24)26(32)30(27)21-10-6-4-8-17(21)2/h4-14H,15H2,1-3H3,(H,28,31). The van der Waals surface area contributed by atoms with Crippen LogP contribution in [0.2, 0.25) is 0 Å². The molecule has 0 saturated heterocycles. The Morgan fingerprint density at radius 1 is 0.971 bits per heavy atom. The molecule has 2 aromatic heterocycles. The lowest BCUT2D eigenvalue weighted by atomic mass is 10.1. The Hall–Kier alpha value is -3.84. The van der Waals surface area contributed by atoms with Crippen molar-refractivity contribution in [2.24, 2.45) is 0 Å². The van der Waals surface area contributed by atoms with E-state index in [4.69, 9.17) is 9.40 Å². The highest BCUT2D eigenvalue weighted by Crippen LogP contribution is 2.29. The van der Waals surface area contributed by atoms with Crippen LogP contribution in [0.1, 0.15) is 16.7 Å². The topological polar surface area (TPSA) is 77.1 Å². The summed E-state index contributed by atoms with van der Waals surface area (Å²) in [6, 6.07) is 20.8. The molecule has 0 aliphatic heterocycles. The van der Waals surface area contributed by atoms with E-state index in [1.165, 1.54) is 21.9 Å². The molecule has 0 unspecified atom stereocenters. The highest BCUT2D eigenvalue weighted by Gasteiger charge is 2.20. The number of hydrogen-bond donors (Lipinski definition) is 1. The number of aromatic nitrogens is 2. The average molecular weight is 470 g/mol. The van der Waals surface area contributed by atoms with E-state index in [1.807, 2.05) is 87.5 Å². The van der Waals surface area contributed by atoms with Crippen molar-refractivity contribution in [1.82, 2.24) is 9.55 Å². The Morgan fingerprint density at radius 2 is 1.74 bits per heavy atom. The summed E-state index contributed by atoms with van der Waals surface area (Å²) in [6.45, 7) is 5.98. The molecule has 0 saturated carbocycles. The highest BCUT2D eigenvalue weighted by atomic mass is 32.2. The number of hydrogen-bond acceptors (Lipinski definition) is 5. The van der Waals surface area contributed by atoms with Crippen molar-refractivity contribution in [3.63, 3.8) is 0 Å². The maximum absolute atomic E-state index is 13.6. The first-order chi connectivity index (χ1) is 16.4. The predicted molar refractivity (Wildman–Crippen MR) is 137 cm³/mol. The Bertz CT molecular complexity index is 1620. The lowest BCUT2D eigenvalue weighted by Gasteiger charge is -2.14. The van der Waals surface area contributed by atoms with Crippen LogP contribution in [-0.4, -0.2) is 21.2 Å². The second kappa shape index (κ2) is 8.83. The third-order valence-corrected chi connectivity index (χ3v) is 6.78. The van der Waals surface area contributed by atoms with Gasteiger partial charge in [-0.25, -0.2) is 4.98 Å². The van der Waals surface area contributed by atoms with Gasteiger partial charge in [-0.3, -0.25) is 14.2 Å². The Kier molecular flexibility index (Phi) is 5.71. The van der Waals surface area contributed by atoms with Crippen molar-refractivity contribution in [2.75, 3.05) is 11.1 Å². The minimum Gasteiger partial charge on any atom is -0.448 e. The third kappa shape index (κ3) is 3.99. The third-order valence-electron chi connectivity index (χ3n) is 5.84. The molecule has 0 spiro atoms. The lowest BCUT2D eigenvalue weighted by molar-refractivity contribution is -0.113. The van der Waals surface area contributed by atoms with Crippen LogP contribution >= 0.6 is 11.8 Å². The number of anilines is 1. The molecule has 6 nitrogen and oxygen atoms in total. The van der Waals surface area contributed by atoms with E-state index in [9.17, 15) is 9.59 Å². The van der Waals surface area contributed by atoms with Gasteiger partial charge in [-0.15, -0.1) is 0 Å². The maximum Gasteiger partial charge on any atom is 0.302 e. The maximum atomic E-state index is 13.6. The van der Waals surface area contributed by atoms with E-state index in [-0.39, 0.29) is 22.8 Å². The quantitative estimate of drug-likeness (QED) is 0.260. The van der Waals surface area contributed by atoms with Gasteiger partial charge in [-0.2, -0.15) is 0 Å². The molecule has 0 aliphatic carbocycles. The monoisotopic (exact) mass is 469 g/mol. The number of para-hydroxylation sites is 2. The van der Waals surface area contributed by atoms with Gasteiger partial charge in [0.1, 0.15) is 11.1 Å². The van der Waals surface area contributed by atoms with E-state index in [1.54, 1.807) is 0 Å². The first-order valence-electron chi connectivity index (χ1n) is 10.9. The van der Waals surface area contributed by atoms with Gasteiger partial charge in [-0.1, -0.05) is 48.2 Å². The summed E-state index contributed by atoms with van der Waals surface area (Å²) in [5.74, 6) is -0.0667. The van der Waals surface area contributed by atoms with Crippen LogP contribution in [0.15, 0.2) is 81.1 Å². The van der Waals surface area contributed by atoms with Crippen LogP contribution in [0, 0.1) is 20.8 Å². The zero-order valence-corrected chi connectivity index (χ0v) is 19.9. The number of amides is 1. The van der Waals surface area contributed by atoms with Gasteiger partial charge in [0, 0.05) is 11.1 Å². The van der Waals surface area contributed by atoms with E-state index >= 15 is 0 Å². The molecule has 3 aromatic carbocycles. The van der Waals surface area contributed by atoms with Crippen molar-refractivity contribution in [3.8, 4) is 5.69 Å². The minimum atomic E-state index is -0.299. The van der Waals surface area contributed by atoms with Crippen LogP contribution in [0.4, 0.5) is 5.69 Å². The number of nitrogens with one attached hydrogen (secondary N) is 1. The van der Waals surface area contributed by atoms with Gasteiger partial charge >= 0.3 is 5.56 Å². The van der Waals surface area contributed by atoms with Gasteiger partial charge in [0.15, 0.2) is 5.16 Å². The normalized spacial score (nSPS) is 11.3. The molecule has 5 aromatic rings. The number of thioether (sulfide) groups is 1. The molecule has 0 bridgehead atoms. The summed E-state index contributed by atoms with van der Waals surface area (Å²) in [7, 11) is 0. The van der Waals surface area contributed by atoms with Crippen molar-refractivity contribution >= 4 is 45.4 Å². The number of carbonyl (C=O) groups is 1. The first kappa shape index (κ1) is 22.0. The molecular formula is C27H23N3O3S. The molecule has 34 heavy (non-hydrogen) atoms. The molecule has 2 heterocycles. The summed E-state index contributed by atoms with van der Waals surface area (Å²) in [5.41, 5.74) is 5.66. The fourth-order valence-corrected chi connectivity index (χ4v) is 4.69. The van der Waals surface area contributed by atoms with Crippen molar-refractivity contribution in [2.45, 2.75) is 25.9 Å². The lowest BCUT2D eigenvalue weighted by Crippen LogP contribution is -2.23. The summed E-state index contributed by atoms with van der Waals surface area (Å²) in [6.07, 6.45) is 0. The summed E-state index contributed by atoms with van der Waals surface area (Å²) >= 11 is 1.22. The highest BCUT2D eigenvalue weighted by molar-refractivity contribution is 7.99. The molecule has 1 amide bonds. The average Bonchev–Trinajstić information content (AvgIpc) is 3.20. The Labute approximate surface area is 200 Å². The molecule has 7 heteroatoms. The van der Waals surface area contributed by atoms with Crippen LogP contribution in [-0.2, 0) is 4.79 Å². The molecule has 5 rings (SSSR count). The second-order valence-electron chi connectivity index (χ2n) is 8.23. The number of fused-ring (bicyclic) bond motifs is 3. The predicted octanol–water partition coefficient (Wildman–Crippen LogP) is 5.79. The fourth-order valence-electron chi connectivity index (χ4n) is 3.89. The summed E-state index contributed by atoms with van der Waals surface area (Å²) in [5, 5.41) is 4.14. The second-order valence-corrected chi connectivity index (χ2v) is 9.18. The Balaban J connectivity index is 1.55. The molecule has 0 radical (unpaired) electrons. The molecule has 170 valence electrons. The number of nitrogens with zero attached hydrogens (tertiary/aromatic N) is 2. The van der Waals surface area contributed by atoms with Crippen LogP contribution in [0.3, 0.4) is 0 Å². The fraction of sp³-hybridized carbons (Fsp3) is 0.148. The van der Waals surface area contributed by atoms with E-state index in [0.29, 0.717) is 21.9 Å². The first-order valence-corrected chi connectivity index (χ1v) is 11.9.